The summed E-state index contributed by atoms with van der Waals surface area (Å²) in [6, 6.07) is 2.19. The largest absolute Gasteiger partial charge is 0.383 e. The zero-order valence-electron chi connectivity index (χ0n) is 13.5. The molecule has 0 aliphatic heterocycles. The number of nitrogens with zero attached hydrogens (tertiary/aromatic N) is 3. The first-order chi connectivity index (χ1) is 10.2. The summed E-state index contributed by atoms with van der Waals surface area (Å²) >= 11 is 1.54. The molecule has 6 nitrogen and oxygen atoms in total. The molecule has 1 atom stereocenters. The Balaban J connectivity index is 3.05. The average molecular weight is 314 g/mol. The molecule has 1 N–H and O–H groups in total. The van der Waals surface area contributed by atoms with E-state index in [-0.39, 0.29) is 6.04 Å². The Labute approximate surface area is 131 Å². The van der Waals surface area contributed by atoms with Crippen molar-refractivity contribution in [2.75, 3.05) is 57.0 Å². The maximum Gasteiger partial charge on any atom is 0.191 e. The van der Waals surface area contributed by atoms with E-state index in [1.165, 1.54) is 11.8 Å². The van der Waals surface area contributed by atoms with E-state index in [2.05, 4.69) is 34.0 Å². The van der Waals surface area contributed by atoms with Crippen LogP contribution in [0.3, 0.4) is 0 Å². The third-order valence-corrected chi connectivity index (χ3v) is 3.55. The van der Waals surface area contributed by atoms with Crippen LogP contribution in [0.1, 0.15) is 13.8 Å². The van der Waals surface area contributed by atoms with E-state index in [4.69, 9.17) is 9.47 Å². The molecule has 1 aromatic heterocycles. The summed E-state index contributed by atoms with van der Waals surface area (Å²) < 4.78 is 10.5. The highest BCUT2D eigenvalue weighted by Gasteiger charge is 2.17. The number of anilines is 2. The first-order valence-electron chi connectivity index (χ1n) is 7.07. The zero-order valence-corrected chi connectivity index (χ0v) is 14.4. The van der Waals surface area contributed by atoms with Gasteiger partial charge in [0.05, 0.1) is 19.3 Å². The highest BCUT2D eigenvalue weighted by Crippen LogP contribution is 2.22. The predicted octanol–water partition coefficient (Wildman–Crippen LogP) is 2.12. The quantitative estimate of drug-likeness (QED) is 0.524. The van der Waals surface area contributed by atoms with Crippen LogP contribution in [-0.4, -0.2) is 62.8 Å². The molecule has 1 unspecified atom stereocenters. The molecule has 1 rings (SSSR count). The molecule has 1 heterocycles. The molecule has 0 aliphatic rings. The number of aromatic nitrogens is 2. The molecule has 0 saturated carbocycles. The SMILES string of the molecule is CCNc1cc(N(CCOC)C(C)COC)nc(SC)n1. The third kappa shape index (κ3) is 5.68. The van der Waals surface area contributed by atoms with E-state index in [0.717, 1.165) is 29.9 Å². The van der Waals surface area contributed by atoms with E-state index in [1.54, 1.807) is 14.2 Å². The molecule has 0 saturated heterocycles. The van der Waals surface area contributed by atoms with Crippen molar-refractivity contribution >= 4 is 23.4 Å². The summed E-state index contributed by atoms with van der Waals surface area (Å²) in [6.07, 6.45) is 1.98. The smallest absolute Gasteiger partial charge is 0.191 e. The van der Waals surface area contributed by atoms with Gasteiger partial charge in [0.1, 0.15) is 11.6 Å². The van der Waals surface area contributed by atoms with Gasteiger partial charge in [-0.05, 0) is 20.1 Å². The predicted molar refractivity (Wildman–Crippen MR) is 88.5 cm³/mol. The van der Waals surface area contributed by atoms with E-state index < -0.39 is 0 Å². The van der Waals surface area contributed by atoms with Gasteiger partial charge in [0.2, 0.25) is 0 Å². The second kappa shape index (κ2) is 9.81. The fraction of sp³-hybridized carbons (Fsp3) is 0.714. The Bertz CT molecular complexity index is 420. The minimum atomic E-state index is 0.212. The molecule has 0 amide bonds. The molecule has 0 aromatic carbocycles. The topological polar surface area (TPSA) is 59.5 Å². The maximum atomic E-state index is 5.27. The second-order valence-electron chi connectivity index (χ2n) is 4.62. The lowest BCUT2D eigenvalue weighted by Gasteiger charge is -2.30. The molecule has 1 aromatic rings. The Morgan fingerprint density at radius 2 is 2.10 bits per heavy atom. The monoisotopic (exact) mass is 314 g/mol. The standard InChI is InChI=1S/C14H26N4O2S/c1-6-15-12-9-13(17-14(16-12)21-5)18(7-8-19-3)11(2)10-20-4/h9,11H,6-8,10H2,1-5H3,(H,15,16,17). The fourth-order valence-electron chi connectivity index (χ4n) is 2.00. The second-order valence-corrected chi connectivity index (χ2v) is 5.39. The Morgan fingerprint density at radius 1 is 1.33 bits per heavy atom. The van der Waals surface area contributed by atoms with Crippen LogP contribution in [0.4, 0.5) is 11.6 Å². The molecule has 0 radical (unpaired) electrons. The summed E-state index contributed by atoms with van der Waals surface area (Å²) in [7, 11) is 3.42. The van der Waals surface area contributed by atoms with Crippen molar-refractivity contribution in [1.82, 2.24) is 9.97 Å². The van der Waals surface area contributed by atoms with Crippen LogP contribution in [0.25, 0.3) is 0 Å². The molecule has 0 spiro atoms. The number of nitrogens with one attached hydrogen (secondary N) is 1. The Morgan fingerprint density at radius 3 is 2.67 bits per heavy atom. The van der Waals surface area contributed by atoms with Crippen molar-refractivity contribution in [3.63, 3.8) is 0 Å². The summed E-state index contributed by atoms with van der Waals surface area (Å²) in [5.74, 6) is 1.74. The van der Waals surface area contributed by atoms with Gasteiger partial charge >= 0.3 is 0 Å². The first kappa shape index (κ1) is 18.0. The van der Waals surface area contributed by atoms with Gasteiger partial charge in [-0.3, -0.25) is 0 Å². The average Bonchev–Trinajstić information content (AvgIpc) is 2.48. The van der Waals surface area contributed by atoms with E-state index in [1.807, 2.05) is 12.3 Å². The molecule has 0 fully saturated rings. The number of hydrogen-bond acceptors (Lipinski definition) is 7. The van der Waals surface area contributed by atoms with Crippen molar-refractivity contribution in [1.29, 1.82) is 0 Å². The highest BCUT2D eigenvalue weighted by molar-refractivity contribution is 7.98. The molecule has 7 heteroatoms. The number of methoxy groups -OCH3 is 2. The first-order valence-corrected chi connectivity index (χ1v) is 8.30. The van der Waals surface area contributed by atoms with Gasteiger partial charge in [-0.2, -0.15) is 0 Å². The van der Waals surface area contributed by atoms with E-state index in [0.29, 0.717) is 13.2 Å². The molecule has 120 valence electrons. The van der Waals surface area contributed by atoms with Crippen molar-refractivity contribution in [3.8, 4) is 0 Å². The van der Waals surface area contributed by atoms with Gasteiger partial charge in [0.15, 0.2) is 5.16 Å². The minimum Gasteiger partial charge on any atom is -0.383 e. The van der Waals surface area contributed by atoms with Crippen molar-refractivity contribution < 1.29 is 9.47 Å². The summed E-state index contributed by atoms with van der Waals surface area (Å²) in [6.45, 7) is 7.04. The van der Waals surface area contributed by atoms with Crippen LogP contribution < -0.4 is 10.2 Å². The van der Waals surface area contributed by atoms with Gasteiger partial charge in [-0.15, -0.1) is 0 Å². The van der Waals surface area contributed by atoms with Crippen LogP contribution in [-0.2, 0) is 9.47 Å². The number of ether oxygens (including phenoxy) is 2. The Hall–Kier alpha value is -1.05. The van der Waals surface area contributed by atoms with Crippen molar-refractivity contribution in [2.45, 2.75) is 25.0 Å². The summed E-state index contributed by atoms with van der Waals surface area (Å²) in [4.78, 5) is 11.3. The normalized spacial score (nSPS) is 12.2. The molecular formula is C14H26N4O2S. The fourth-order valence-corrected chi connectivity index (χ4v) is 2.38. The van der Waals surface area contributed by atoms with Gasteiger partial charge < -0.3 is 19.7 Å². The Kier molecular flexibility index (Phi) is 8.41. The lowest BCUT2D eigenvalue weighted by atomic mass is 10.3. The van der Waals surface area contributed by atoms with Gasteiger partial charge in [-0.1, -0.05) is 11.8 Å². The molecule has 0 aliphatic carbocycles. The van der Waals surface area contributed by atoms with Crippen LogP contribution in [0.5, 0.6) is 0 Å². The lowest BCUT2D eigenvalue weighted by molar-refractivity contribution is 0.170. The third-order valence-electron chi connectivity index (χ3n) is 3.00. The molecular weight excluding hydrogens is 288 g/mol. The maximum absolute atomic E-state index is 5.27. The van der Waals surface area contributed by atoms with E-state index in [9.17, 15) is 0 Å². The molecule has 21 heavy (non-hydrogen) atoms. The van der Waals surface area contributed by atoms with Crippen molar-refractivity contribution in [2.24, 2.45) is 0 Å². The van der Waals surface area contributed by atoms with Crippen LogP contribution >= 0.6 is 11.8 Å². The van der Waals surface area contributed by atoms with Gasteiger partial charge in [0.25, 0.3) is 0 Å². The molecule has 0 bridgehead atoms. The van der Waals surface area contributed by atoms with Gasteiger partial charge in [-0.25, -0.2) is 9.97 Å². The summed E-state index contributed by atoms with van der Waals surface area (Å²) in [5, 5.41) is 4.01. The van der Waals surface area contributed by atoms with Crippen LogP contribution in [0.15, 0.2) is 11.2 Å². The number of thioether (sulfide) groups is 1. The van der Waals surface area contributed by atoms with Crippen LogP contribution in [0.2, 0.25) is 0 Å². The highest BCUT2D eigenvalue weighted by atomic mass is 32.2. The number of hydrogen-bond donors (Lipinski definition) is 1. The summed E-state index contributed by atoms with van der Waals surface area (Å²) in [5.41, 5.74) is 0. The van der Waals surface area contributed by atoms with Crippen LogP contribution in [0, 0.1) is 0 Å². The minimum absolute atomic E-state index is 0.212. The zero-order chi connectivity index (χ0) is 15.7. The van der Waals surface area contributed by atoms with Crippen molar-refractivity contribution in [3.05, 3.63) is 6.07 Å². The van der Waals surface area contributed by atoms with E-state index >= 15 is 0 Å². The van der Waals surface area contributed by atoms with Gasteiger partial charge in [0, 0.05) is 33.4 Å². The number of rotatable bonds is 10. The lowest BCUT2D eigenvalue weighted by Crippen LogP contribution is -2.39.